The van der Waals surface area contributed by atoms with Crippen molar-refractivity contribution in [1.29, 1.82) is 0 Å². The van der Waals surface area contributed by atoms with Gasteiger partial charge in [0, 0.05) is 24.7 Å². The molecule has 1 amide bonds. The quantitative estimate of drug-likeness (QED) is 0.667. The number of aromatic nitrogens is 2. The summed E-state index contributed by atoms with van der Waals surface area (Å²) >= 11 is 0. The first-order valence-corrected chi connectivity index (χ1v) is 10.2. The summed E-state index contributed by atoms with van der Waals surface area (Å²) in [4.78, 5) is 30.7. The predicted octanol–water partition coefficient (Wildman–Crippen LogP) is 4.94. The number of hydrogen-bond acceptors (Lipinski definition) is 4. The monoisotopic (exact) mass is 405 g/mol. The summed E-state index contributed by atoms with van der Waals surface area (Å²) in [5.41, 5.74) is 3.19. The zero-order chi connectivity index (χ0) is 21.8. The zero-order valence-electron chi connectivity index (χ0n) is 17.8. The summed E-state index contributed by atoms with van der Waals surface area (Å²) in [6, 6.07) is 10.4. The molecular weight excluding hydrogens is 378 g/mol. The van der Waals surface area contributed by atoms with Gasteiger partial charge in [0.15, 0.2) is 11.5 Å². The molecule has 1 aliphatic rings. The Bertz CT molecular complexity index is 1090. The van der Waals surface area contributed by atoms with Crippen molar-refractivity contribution in [1.82, 2.24) is 9.38 Å². The Kier molecular flexibility index (Phi) is 6.35. The number of hydrogen-bond donors (Lipinski definition) is 1. The maximum Gasteiger partial charge on any atom is 0.294 e. The number of carbonyl (C=O) groups excluding carboxylic acids is 2. The number of amides is 1. The van der Waals surface area contributed by atoms with Crippen LogP contribution in [0.5, 0.6) is 0 Å². The summed E-state index contributed by atoms with van der Waals surface area (Å²) in [7, 11) is 0. The van der Waals surface area contributed by atoms with E-state index in [-0.39, 0.29) is 11.4 Å². The number of anilines is 1. The van der Waals surface area contributed by atoms with Gasteiger partial charge in [-0.25, -0.2) is 4.98 Å². The Labute approximate surface area is 176 Å². The minimum absolute atomic E-state index is 0.113. The molecule has 1 aromatic carbocycles. The van der Waals surface area contributed by atoms with Gasteiger partial charge in [0.2, 0.25) is 0 Å². The number of rotatable bonds is 4. The van der Waals surface area contributed by atoms with E-state index >= 15 is 0 Å². The third kappa shape index (κ3) is 3.99. The molecule has 4 rings (SSSR count). The average Bonchev–Trinajstić information content (AvgIpc) is 3.31. The van der Waals surface area contributed by atoms with Crippen LogP contribution in [-0.4, -0.2) is 26.2 Å². The maximum absolute atomic E-state index is 12.8. The Balaban J connectivity index is 0.000000589. The number of pyridine rings is 1. The van der Waals surface area contributed by atoms with Crippen molar-refractivity contribution < 1.29 is 14.7 Å². The lowest BCUT2D eigenvalue weighted by molar-refractivity contribution is -0.117. The van der Waals surface area contributed by atoms with Gasteiger partial charge < -0.3 is 9.51 Å². The minimum Gasteiger partial charge on any atom is -0.503 e. The molecule has 6 nitrogen and oxygen atoms in total. The molecule has 0 aliphatic carbocycles. The number of benzene rings is 1. The van der Waals surface area contributed by atoms with Crippen LogP contribution in [0.4, 0.5) is 5.69 Å². The number of unbranched alkanes of at least 4 members (excludes halogenated alkanes) is 1. The molecule has 3 heterocycles. The SMILES string of the molecule is CC(=O)C1=C(O)C(=O)N(c2ccn3ccnc3c2)C1c1ccc(C)cc1.CCCC. The van der Waals surface area contributed by atoms with E-state index in [0.717, 1.165) is 11.1 Å². The van der Waals surface area contributed by atoms with Gasteiger partial charge in [0.1, 0.15) is 5.65 Å². The number of ketones is 1. The van der Waals surface area contributed by atoms with Gasteiger partial charge >= 0.3 is 0 Å². The molecule has 0 saturated heterocycles. The zero-order valence-corrected chi connectivity index (χ0v) is 17.8. The Hall–Kier alpha value is -3.41. The van der Waals surface area contributed by atoms with Crippen LogP contribution in [0, 0.1) is 6.92 Å². The molecule has 6 heteroatoms. The molecule has 1 atom stereocenters. The van der Waals surface area contributed by atoms with Crippen LogP contribution in [0.3, 0.4) is 0 Å². The molecule has 3 aromatic rings. The first-order valence-electron chi connectivity index (χ1n) is 10.2. The number of aryl methyl sites for hydroxylation is 1. The van der Waals surface area contributed by atoms with Gasteiger partial charge in [0.05, 0.1) is 17.3 Å². The number of carbonyl (C=O) groups is 2. The second-order valence-electron chi connectivity index (χ2n) is 7.38. The standard InChI is InChI=1S/C20H17N3O3.C4H10/c1-12-3-5-14(6-4-12)18-17(13(2)24)19(25)20(26)23(18)15-7-9-22-10-8-21-16(22)11-15;1-3-4-2/h3-11,18,25H,1-2H3;3-4H2,1-2H3. The molecule has 0 fully saturated rings. The topological polar surface area (TPSA) is 74.9 Å². The minimum atomic E-state index is -0.669. The number of imidazole rings is 1. The fraction of sp³-hybridized carbons (Fsp3) is 0.292. The highest BCUT2D eigenvalue weighted by molar-refractivity contribution is 6.16. The lowest BCUT2D eigenvalue weighted by Crippen LogP contribution is -2.30. The smallest absolute Gasteiger partial charge is 0.294 e. The Morgan fingerprint density at radius 1 is 1.10 bits per heavy atom. The van der Waals surface area contributed by atoms with Crippen LogP contribution in [0.15, 0.2) is 66.3 Å². The average molecular weight is 405 g/mol. The van der Waals surface area contributed by atoms with Gasteiger partial charge in [-0.1, -0.05) is 56.5 Å². The Morgan fingerprint density at radius 3 is 2.37 bits per heavy atom. The second kappa shape index (κ2) is 8.95. The van der Waals surface area contributed by atoms with Crippen molar-refractivity contribution in [3.63, 3.8) is 0 Å². The summed E-state index contributed by atoms with van der Waals surface area (Å²) < 4.78 is 1.82. The van der Waals surface area contributed by atoms with Gasteiger partial charge in [-0.3, -0.25) is 14.5 Å². The van der Waals surface area contributed by atoms with E-state index < -0.39 is 17.7 Å². The van der Waals surface area contributed by atoms with E-state index in [0.29, 0.717) is 11.3 Å². The molecule has 1 unspecified atom stereocenters. The van der Waals surface area contributed by atoms with Crippen LogP contribution in [-0.2, 0) is 9.59 Å². The van der Waals surface area contributed by atoms with Crippen molar-refractivity contribution in [2.24, 2.45) is 0 Å². The van der Waals surface area contributed by atoms with Crippen molar-refractivity contribution in [2.75, 3.05) is 4.90 Å². The fourth-order valence-electron chi connectivity index (χ4n) is 3.34. The van der Waals surface area contributed by atoms with Crippen molar-refractivity contribution in [3.05, 3.63) is 77.4 Å². The maximum atomic E-state index is 12.8. The largest absolute Gasteiger partial charge is 0.503 e. The highest BCUT2D eigenvalue weighted by Gasteiger charge is 2.43. The molecule has 1 aliphatic heterocycles. The lowest BCUT2D eigenvalue weighted by Gasteiger charge is -2.26. The summed E-state index contributed by atoms with van der Waals surface area (Å²) in [6.07, 6.45) is 7.90. The van der Waals surface area contributed by atoms with Crippen LogP contribution in [0.2, 0.25) is 0 Å². The second-order valence-corrected chi connectivity index (χ2v) is 7.38. The van der Waals surface area contributed by atoms with E-state index in [1.165, 1.54) is 24.7 Å². The highest BCUT2D eigenvalue weighted by Crippen LogP contribution is 2.41. The van der Waals surface area contributed by atoms with E-state index in [4.69, 9.17) is 0 Å². The number of fused-ring (bicyclic) bond motifs is 1. The molecule has 2 aromatic heterocycles. The van der Waals surface area contributed by atoms with Crippen LogP contribution < -0.4 is 4.90 Å². The van der Waals surface area contributed by atoms with Crippen molar-refractivity contribution >= 4 is 23.0 Å². The molecule has 0 bridgehead atoms. The normalized spacial score (nSPS) is 16.1. The van der Waals surface area contributed by atoms with Gasteiger partial charge in [-0.05, 0) is 25.5 Å². The molecular formula is C24H27N3O3. The first-order chi connectivity index (χ1) is 14.4. The van der Waals surface area contributed by atoms with Crippen molar-refractivity contribution in [2.45, 2.75) is 46.6 Å². The molecule has 0 saturated carbocycles. The highest BCUT2D eigenvalue weighted by atomic mass is 16.3. The molecule has 0 spiro atoms. The summed E-state index contributed by atoms with van der Waals surface area (Å²) in [5, 5.41) is 10.4. The molecule has 0 radical (unpaired) electrons. The Morgan fingerprint density at radius 2 is 1.77 bits per heavy atom. The third-order valence-corrected chi connectivity index (χ3v) is 5.14. The predicted molar refractivity (Wildman–Crippen MR) is 118 cm³/mol. The van der Waals surface area contributed by atoms with E-state index in [2.05, 4.69) is 18.8 Å². The third-order valence-electron chi connectivity index (χ3n) is 5.14. The number of aliphatic hydroxyl groups excluding tert-OH is 1. The van der Waals surface area contributed by atoms with Crippen LogP contribution >= 0.6 is 0 Å². The van der Waals surface area contributed by atoms with Gasteiger partial charge in [0.25, 0.3) is 5.91 Å². The summed E-state index contributed by atoms with van der Waals surface area (Å²) in [6.45, 7) is 7.69. The molecule has 30 heavy (non-hydrogen) atoms. The number of aliphatic hydroxyl groups is 1. The van der Waals surface area contributed by atoms with Gasteiger partial charge in [-0.2, -0.15) is 0 Å². The van der Waals surface area contributed by atoms with E-state index in [1.807, 2.05) is 35.6 Å². The number of Topliss-reactive ketones (excluding diaryl/α,β-unsaturated/α-hetero) is 1. The van der Waals surface area contributed by atoms with Crippen LogP contribution in [0.25, 0.3) is 5.65 Å². The number of nitrogens with zero attached hydrogens (tertiary/aromatic N) is 3. The van der Waals surface area contributed by atoms with E-state index in [1.54, 1.807) is 30.7 Å². The lowest BCUT2D eigenvalue weighted by atomic mass is 9.96. The molecule has 156 valence electrons. The van der Waals surface area contributed by atoms with E-state index in [9.17, 15) is 14.7 Å². The summed E-state index contributed by atoms with van der Waals surface area (Å²) in [5.74, 6) is -1.41. The van der Waals surface area contributed by atoms with Gasteiger partial charge in [-0.15, -0.1) is 0 Å². The molecule has 1 N–H and O–H groups in total. The first kappa shape index (κ1) is 21.3. The van der Waals surface area contributed by atoms with Crippen LogP contribution in [0.1, 0.15) is 50.8 Å². The fourth-order valence-corrected chi connectivity index (χ4v) is 3.34. The van der Waals surface area contributed by atoms with Crippen molar-refractivity contribution in [3.8, 4) is 0 Å².